The summed E-state index contributed by atoms with van der Waals surface area (Å²) in [5.74, 6) is 0.395. The van der Waals surface area contributed by atoms with Gasteiger partial charge in [0.15, 0.2) is 5.52 Å². The molecule has 10 nitrogen and oxygen atoms in total. The monoisotopic (exact) mass is 403 g/mol. The number of ether oxygens (including phenoxy) is 1. The minimum absolute atomic E-state index is 0.0775. The number of Topliss-reactive ketones (excluding diaryl/α,β-unsaturated/α-hetero) is 1. The summed E-state index contributed by atoms with van der Waals surface area (Å²) >= 11 is 0. The zero-order valence-corrected chi connectivity index (χ0v) is 16.2. The second kappa shape index (κ2) is 8.05. The van der Waals surface area contributed by atoms with Crippen LogP contribution in [0.1, 0.15) is 50.9 Å². The van der Waals surface area contributed by atoms with Gasteiger partial charge in [-0.05, 0) is 6.42 Å². The highest BCUT2D eigenvalue weighted by Gasteiger charge is 2.35. The third-order valence-electron chi connectivity index (χ3n) is 5.40. The van der Waals surface area contributed by atoms with Gasteiger partial charge in [0.05, 0.1) is 30.9 Å². The topological polar surface area (TPSA) is 135 Å². The van der Waals surface area contributed by atoms with Crippen LogP contribution in [0.2, 0.25) is 0 Å². The average molecular weight is 403 g/mol. The molecule has 0 unspecified atom stereocenters. The Morgan fingerprint density at radius 2 is 2.21 bits per heavy atom. The smallest absolute Gasteiger partial charge is 0.287 e. The number of nitrogens with one attached hydrogen (secondary N) is 1. The van der Waals surface area contributed by atoms with Gasteiger partial charge in [-0.2, -0.15) is 0 Å². The van der Waals surface area contributed by atoms with E-state index in [9.17, 15) is 19.8 Å². The van der Waals surface area contributed by atoms with E-state index in [-0.39, 0.29) is 36.3 Å². The number of unbranched alkanes of at least 4 members (excludes halogenated alkanes) is 2. The SMILES string of the molecule is CCCCCC(=O)Cc1cnc2[nH]c3c(ncn3[C@H]3C[C@H](O)[C@@H](CO)O3)c(=O)n12. The Morgan fingerprint density at radius 1 is 1.38 bits per heavy atom. The number of rotatable bonds is 8. The lowest BCUT2D eigenvalue weighted by Gasteiger charge is -2.13. The van der Waals surface area contributed by atoms with Crippen molar-refractivity contribution in [3.63, 3.8) is 0 Å². The van der Waals surface area contributed by atoms with E-state index in [4.69, 9.17) is 4.74 Å². The number of ketones is 1. The Bertz CT molecular complexity index is 1080. The van der Waals surface area contributed by atoms with E-state index in [1.807, 2.05) is 0 Å². The third-order valence-corrected chi connectivity index (χ3v) is 5.40. The maximum atomic E-state index is 13.0. The Balaban J connectivity index is 1.66. The second-order valence-electron chi connectivity index (χ2n) is 7.48. The lowest BCUT2D eigenvalue weighted by molar-refractivity contribution is -0.118. The van der Waals surface area contributed by atoms with Gasteiger partial charge in [0.2, 0.25) is 5.78 Å². The number of imidazole rings is 2. The van der Waals surface area contributed by atoms with E-state index in [0.29, 0.717) is 23.5 Å². The van der Waals surface area contributed by atoms with E-state index in [0.717, 1.165) is 19.3 Å². The number of nitrogens with zero attached hydrogens (tertiary/aromatic N) is 4. The minimum Gasteiger partial charge on any atom is -0.394 e. The van der Waals surface area contributed by atoms with Crippen molar-refractivity contribution in [2.75, 3.05) is 6.61 Å². The molecule has 0 bridgehead atoms. The van der Waals surface area contributed by atoms with Gasteiger partial charge in [-0.15, -0.1) is 0 Å². The molecule has 3 aromatic rings. The van der Waals surface area contributed by atoms with Crippen LogP contribution in [0.4, 0.5) is 0 Å². The largest absolute Gasteiger partial charge is 0.394 e. The molecule has 1 fully saturated rings. The number of aromatic nitrogens is 5. The number of fused-ring (bicyclic) bond motifs is 2. The van der Waals surface area contributed by atoms with E-state index in [1.54, 1.807) is 4.57 Å². The van der Waals surface area contributed by atoms with E-state index < -0.39 is 18.4 Å². The summed E-state index contributed by atoms with van der Waals surface area (Å²) in [5.41, 5.74) is 0.788. The predicted octanol–water partition coefficient (Wildman–Crippen LogP) is 0.705. The fourth-order valence-electron chi connectivity index (χ4n) is 3.81. The maximum Gasteiger partial charge on any atom is 0.287 e. The molecule has 3 N–H and O–H groups in total. The number of hydrogen-bond acceptors (Lipinski definition) is 7. The fourth-order valence-corrected chi connectivity index (χ4v) is 3.81. The normalized spacial score (nSPS) is 22.1. The Labute approximate surface area is 166 Å². The van der Waals surface area contributed by atoms with Gasteiger partial charge in [-0.1, -0.05) is 19.8 Å². The zero-order chi connectivity index (χ0) is 20.5. The van der Waals surface area contributed by atoms with Gasteiger partial charge in [0.1, 0.15) is 23.8 Å². The second-order valence-corrected chi connectivity index (χ2v) is 7.48. The van der Waals surface area contributed by atoms with Crippen LogP contribution < -0.4 is 5.56 Å². The van der Waals surface area contributed by atoms with Gasteiger partial charge in [0, 0.05) is 19.3 Å². The van der Waals surface area contributed by atoms with Crippen LogP contribution in [0.15, 0.2) is 17.3 Å². The quantitative estimate of drug-likeness (QED) is 0.471. The van der Waals surface area contributed by atoms with Gasteiger partial charge >= 0.3 is 0 Å². The van der Waals surface area contributed by atoms with E-state index in [1.165, 1.54) is 16.9 Å². The molecule has 10 heteroatoms. The maximum absolute atomic E-state index is 13.0. The van der Waals surface area contributed by atoms with Crippen LogP contribution in [0.5, 0.6) is 0 Å². The van der Waals surface area contributed by atoms with Crippen LogP contribution in [0, 0.1) is 0 Å². The summed E-state index contributed by atoms with van der Waals surface area (Å²) in [5, 5.41) is 19.3. The summed E-state index contributed by atoms with van der Waals surface area (Å²) in [4.78, 5) is 36.8. The number of aliphatic hydroxyl groups excluding tert-OH is 2. The number of carbonyl (C=O) groups is 1. The third kappa shape index (κ3) is 3.59. The highest BCUT2D eigenvalue weighted by Crippen LogP contribution is 2.30. The van der Waals surface area contributed by atoms with E-state index in [2.05, 4.69) is 21.9 Å². The lowest BCUT2D eigenvalue weighted by atomic mass is 10.1. The molecule has 29 heavy (non-hydrogen) atoms. The fraction of sp³-hybridized carbons (Fsp3) is 0.579. The summed E-state index contributed by atoms with van der Waals surface area (Å²) in [6, 6.07) is 0. The molecular formula is C19H25N5O5. The first-order valence-corrected chi connectivity index (χ1v) is 9.94. The van der Waals surface area contributed by atoms with Gasteiger partial charge in [-0.3, -0.25) is 14.2 Å². The molecular weight excluding hydrogens is 378 g/mol. The molecule has 3 aromatic heterocycles. The first-order chi connectivity index (χ1) is 14.0. The van der Waals surface area contributed by atoms with Crippen molar-refractivity contribution < 1.29 is 19.7 Å². The van der Waals surface area contributed by atoms with Crippen molar-refractivity contribution in [3.8, 4) is 0 Å². The predicted molar refractivity (Wildman–Crippen MR) is 104 cm³/mol. The number of H-pyrrole nitrogens is 1. The molecule has 0 spiro atoms. The Hall–Kier alpha value is -2.56. The number of hydrogen-bond donors (Lipinski definition) is 3. The molecule has 156 valence electrons. The molecule has 1 saturated heterocycles. The van der Waals surface area contributed by atoms with Crippen molar-refractivity contribution in [2.45, 2.75) is 63.9 Å². The van der Waals surface area contributed by atoms with Crippen LogP contribution in [-0.4, -0.2) is 58.7 Å². The lowest BCUT2D eigenvalue weighted by Crippen LogP contribution is -2.24. The molecule has 3 atom stereocenters. The number of carbonyl (C=O) groups excluding carboxylic acids is 1. The molecule has 0 radical (unpaired) electrons. The first-order valence-electron chi connectivity index (χ1n) is 9.94. The van der Waals surface area contributed by atoms with Gasteiger partial charge in [0.25, 0.3) is 5.56 Å². The van der Waals surface area contributed by atoms with Gasteiger partial charge < -0.3 is 19.9 Å². The van der Waals surface area contributed by atoms with Crippen LogP contribution in [-0.2, 0) is 16.0 Å². The number of aromatic amines is 1. The average Bonchev–Trinajstić information content (AvgIpc) is 3.39. The molecule has 4 heterocycles. The first kappa shape index (κ1) is 19.7. The van der Waals surface area contributed by atoms with E-state index >= 15 is 0 Å². The molecule has 0 saturated carbocycles. The summed E-state index contributed by atoms with van der Waals surface area (Å²) < 4.78 is 8.67. The molecule has 0 aromatic carbocycles. The summed E-state index contributed by atoms with van der Waals surface area (Å²) in [7, 11) is 0. The molecule has 0 aliphatic carbocycles. The highest BCUT2D eigenvalue weighted by molar-refractivity contribution is 5.81. The number of aliphatic hydroxyl groups is 2. The molecule has 1 aliphatic rings. The Morgan fingerprint density at radius 3 is 2.93 bits per heavy atom. The Kier molecular flexibility index (Phi) is 5.48. The van der Waals surface area contributed by atoms with Crippen molar-refractivity contribution in [1.82, 2.24) is 23.9 Å². The summed E-state index contributed by atoms with van der Waals surface area (Å²) in [6.07, 6.45) is 4.78. The van der Waals surface area contributed by atoms with Crippen LogP contribution in [0.25, 0.3) is 16.9 Å². The molecule has 0 amide bonds. The van der Waals surface area contributed by atoms with Crippen LogP contribution in [0.3, 0.4) is 0 Å². The molecule has 4 rings (SSSR count). The highest BCUT2D eigenvalue weighted by atomic mass is 16.5. The minimum atomic E-state index is -0.797. The van der Waals surface area contributed by atoms with Crippen molar-refractivity contribution in [3.05, 3.63) is 28.6 Å². The zero-order valence-electron chi connectivity index (χ0n) is 16.2. The van der Waals surface area contributed by atoms with Crippen molar-refractivity contribution >= 4 is 22.7 Å². The van der Waals surface area contributed by atoms with Crippen LogP contribution >= 0.6 is 0 Å². The van der Waals surface area contributed by atoms with Crippen molar-refractivity contribution in [2.24, 2.45) is 0 Å². The molecule has 1 aliphatic heterocycles. The standard InChI is InChI=1S/C19H25N5O5/c1-2-3-4-5-12(26)6-11-8-20-19-22-17-16(18(28)24(11)19)21-10-23(17)15-7-13(27)14(9-25)29-15/h8,10,13-15,25,27H,2-7,9H2,1H3,(H,20,22)/t13-,14+,15+/m0/s1. The van der Waals surface area contributed by atoms with Crippen molar-refractivity contribution in [1.29, 1.82) is 0 Å². The summed E-state index contributed by atoms with van der Waals surface area (Å²) in [6.45, 7) is 1.79. The van der Waals surface area contributed by atoms with Gasteiger partial charge in [-0.25, -0.2) is 14.4 Å².